The zero-order valence-corrected chi connectivity index (χ0v) is 17.1. The highest BCUT2D eigenvalue weighted by Gasteiger charge is 2.22. The molecule has 2 aromatic carbocycles. The Balaban J connectivity index is 0.000000296. The van der Waals surface area contributed by atoms with Gasteiger partial charge in [-0.1, -0.05) is 0 Å². The minimum absolute atomic E-state index is 0.00537. The van der Waals surface area contributed by atoms with Crippen molar-refractivity contribution in [1.29, 1.82) is 0 Å². The van der Waals surface area contributed by atoms with Gasteiger partial charge < -0.3 is 22.9 Å². The summed E-state index contributed by atoms with van der Waals surface area (Å²) >= 11 is 0. The van der Waals surface area contributed by atoms with E-state index in [1.807, 2.05) is 0 Å². The highest BCUT2D eigenvalue weighted by molar-refractivity contribution is 7.87. The van der Waals surface area contributed by atoms with Gasteiger partial charge in [-0.05, 0) is 36.8 Å². The molecule has 2 aromatic rings. The van der Waals surface area contributed by atoms with Crippen LogP contribution in [0.5, 0.6) is 0 Å². The fraction of sp³-hybridized carbons (Fsp3) is 0.0769. The standard InChI is InChI=1S/C7H10N2O3S.C6H8N2O6S2/c1-4-2-6(9)7(3-5(4)8)13(10,11)12;7-3-1-4(8)6(16(12,13)14)2-5(3)15(9,10)11/h2-3H,8-9H2,1H3,(H,10,11,12);1-2H,7-8H2,(H,9,10,11)(H,12,13,14). The molecule has 162 valence electrons. The highest BCUT2D eigenvalue weighted by atomic mass is 32.2. The Morgan fingerprint density at radius 2 is 0.862 bits per heavy atom. The minimum Gasteiger partial charge on any atom is -0.398 e. The Kier molecular flexibility index (Phi) is 6.74. The maximum absolute atomic E-state index is 10.8. The summed E-state index contributed by atoms with van der Waals surface area (Å²) < 4.78 is 90.9. The van der Waals surface area contributed by atoms with Crippen molar-refractivity contribution >= 4 is 53.1 Å². The lowest BCUT2D eigenvalue weighted by Gasteiger charge is -2.07. The van der Waals surface area contributed by atoms with E-state index in [1.165, 1.54) is 6.07 Å². The van der Waals surface area contributed by atoms with Crippen LogP contribution in [0, 0.1) is 6.92 Å². The molecule has 29 heavy (non-hydrogen) atoms. The predicted molar refractivity (Wildman–Crippen MR) is 105 cm³/mol. The van der Waals surface area contributed by atoms with Crippen LogP contribution < -0.4 is 22.9 Å². The Morgan fingerprint density at radius 1 is 0.552 bits per heavy atom. The van der Waals surface area contributed by atoms with Crippen LogP contribution in [0.1, 0.15) is 5.56 Å². The molecule has 0 heterocycles. The molecule has 0 saturated heterocycles. The van der Waals surface area contributed by atoms with Crippen molar-refractivity contribution in [3.63, 3.8) is 0 Å². The van der Waals surface area contributed by atoms with Crippen LogP contribution >= 0.6 is 0 Å². The summed E-state index contributed by atoms with van der Waals surface area (Å²) in [6, 6.07) is 3.83. The fourth-order valence-corrected chi connectivity index (χ4v) is 3.95. The number of aryl methyl sites for hydroxylation is 1. The maximum atomic E-state index is 10.8. The van der Waals surface area contributed by atoms with Crippen molar-refractivity contribution < 1.29 is 38.9 Å². The van der Waals surface area contributed by atoms with Gasteiger partial charge in [-0.15, -0.1) is 0 Å². The summed E-state index contributed by atoms with van der Waals surface area (Å²) in [4.78, 5) is -2.03. The van der Waals surface area contributed by atoms with E-state index in [0.29, 0.717) is 11.6 Å². The molecule has 11 N–H and O–H groups in total. The monoisotopic (exact) mass is 470 g/mol. The smallest absolute Gasteiger partial charge is 0.296 e. The van der Waals surface area contributed by atoms with Crippen LogP contribution in [-0.2, 0) is 30.4 Å². The van der Waals surface area contributed by atoms with E-state index < -0.39 is 51.5 Å². The maximum Gasteiger partial charge on any atom is 0.296 e. The highest BCUT2D eigenvalue weighted by Crippen LogP contribution is 2.28. The first-order chi connectivity index (χ1) is 12.9. The molecular weight excluding hydrogens is 452 g/mol. The molecule has 13 nitrogen and oxygen atoms in total. The van der Waals surface area contributed by atoms with Gasteiger partial charge in [0.15, 0.2) is 0 Å². The molecule has 0 atom stereocenters. The second-order valence-corrected chi connectivity index (χ2v) is 9.77. The summed E-state index contributed by atoms with van der Waals surface area (Å²) in [6.07, 6.45) is 0. The minimum atomic E-state index is -4.69. The van der Waals surface area contributed by atoms with Crippen LogP contribution in [0.25, 0.3) is 0 Å². The van der Waals surface area contributed by atoms with E-state index >= 15 is 0 Å². The molecule has 0 radical (unpaired) electrons. The third-order valence-electron chi connectivity index (χ3n) is 3.37. The Bertz CT molecular complexity index is 1220. The molecule has 0 aromatic heterocycles. The second kappa shape index (κ2) is 8.01. The molecule has 0 bridgehead atoms. The van der Waals surface area contributed by atoms with Crippen molar-refractivity contribution in [2.75, 3.05) is 22.9 Å². The summed E-state index contributed by atoms with van der Waals surface area (Å²) in [7, 11) is -13.7. The molecule has 0 aliphatic rings. The Morgan fingerprint density at radius 3 is 1.21 bits per heavy atom. The van der Waals surface area contributed by atoms with Crippen LogP contribution in [0.3, 0.4) is 0 Å². The molecule has 0 amide bonds. The topological polar surface area (TPSA) is 267 Å². The summed E-state index contributed by atoms with van der Waals surface area (Å²) in [5.41, 5.74) is 21.4. The van der Waals surface area contributed by atoms with Crippen LogP contribution in [-0.4, -0.2) is 38.9 Å². The van der Waals surface area contributed by atoms with Crippen LogP contribution in [0.15, 0.2) is 39.0 Å². The lowest BCUT2D eigenvalue weighted by Crippen LogP contribution is -2.09. The lowest BCUT2D eigenvalue weighted by molar-refractivity contribution is 0.479. The van der Waals surface area contributed by atoms with Gasteiger partial charge in [-0.3, -0.25) is 13.7 Å². The van der Waals surface area contributed by atoms with E-state index in [9.17, 15) is 25.3 Å². The SMILES string of the molecule is Cc1cc(N)c(S(=O)(=O)O)cc1N.Nc1cc(N)c(S(=O)(=O)O)cc1S(=O)(=O)O. The van der Waals surface area contributed by atoms with E-state index in [2.05, 4.69) is 0 Å². The van der Waals surface area contributed by atoms with Crippen LogP contribution in [0.4, 0.5) is 22.7 Å². The average molecular weight is 471 g/mol. The number of nitrogen functional groups attached to an aromatic ring is 4. The molecule has 0 fully saturated rings. The number of hydrogen-bond donors (Lipinski definition) is 7. The van der Waals surface area contributed by atoms with E-state index in [0.717, 1.165) is 12.1 Å². The second-order valence-electron chi connectivity index (χ2n) is 5.60. The van der Waals surface area contributed by atoms with Crippen molar-refractivity contribution in [2.45, 2.75) is 21.6 Å². The molecule has 16 heteroatoms. The molecular formula is C13H18N4O9S3. The van der Waals surface area contributed by atoms with Crippen molar-refractivity contribution in [2.24, 2.45) is 0 Å². The molecule has 2 rings (SSSR count). The molecule has 0 aliphatic heterocycles. The Labute approximate surface area is 166 Å². The first-order valence-corrected chi connectivity index (χ1v) is 11.4. The lowest BCUT2D eigenvalue weighted by atomic mass is 10.2. The Hall–Kier alpha value is -2.63. The van der Waals surface area contributed by atoms with E-state index in [4.69, 9.17) is 36.6 Å². The normalized spacial score (nSPS) is 12.1. The largest absolute Gasteiger partial charge is 0.398 e. The third kappa shape index (κ3) is 6.17. The summed E-state index contributed by atoms with van der Waals surface area (Å²) in [6.45, 7) is 1.69. The van der Waals surface area contributed by atoms with Gasteiger partial charge in [0.1, 0.15) is 14.7 Å². The number of nitrogens with two attached hydrogens (primary N) is 4. The summed E-state index contributed by atoms with van der Waals surface area (Å²) in [5, 5.41) is 0. The number of anilines is 4. The first-order valence-electron chi connectivity index (χ1n) is 7.12. The van der Waals surface area contributed by atoms with Gasteiger partial charge in [0.2, 0.25) is 0 Å². The molecule has 0 unspecified atom stereocenters. The van der Waals surface area contributed by atoms with Crippen LogP contribution in [0.2, 0.25) is 0 Å². The molecule has 0 saturated carbocycles. The summed E-state index contributed by atoms with van der Waals surface area (Å²) in [5.74, 6) is 0. The van der Waals surface area contributed by atoms with Gasteiger partial charge in [0.05, 0.1) is 17.1 Å². The zero-order chi connectivity index (χ0) is 22.9. The van der Waals surface area contributed by atoms with Crippen molar-refractivity contribution in [1.82, 2.24) is 0 Å². The predicted octanol–water partition coefficient (Wildman–Crippen LogP) is -0.249. The molecule has 0 spiro atoms. The average Bonchev–Trinajstić information content (AvgIpc) is 2.47. The number of hydrogen-bond acceptors (Lipinski definition) is 10. The third-order valence-corrected chi connectivity index (χ3v) is 6.10. The number of rotatable bonds is 3. The van der Waals surface area contributed by atoms with E-state index in [-0.39, 0.29) is 16.3 Å². The molecule has 0 aliphatic carbocycles. The van der Waals surface area contributed by atoms with E-state index in [1.54, 1.807) is 6.92 Å². The quantitative estimate of drug-likeness (QED) is 0.225. The fourth-order valence-electron chi connectivity index (χ4n) is 1.99. The number of benzene rings is 2. The van der Waals surface area contributed by atoms with Gasteiger partial charge in [0.25, 0.3) is 30.4 Å². The van der Waals surface area contributed by atoms with Gasteiger partial charge in [-0.2, -0.15) is 25.3 Å². The van der Waals surface area contributed by atoms with Gasteiger partial charge >= 0.3 is 0 Å². The van der Waals surface area contributed by atoms with Gasteiger partial charge in [-0.25, -0.2) is 0 Å². The van der Waals surface area contributed by atoms with Crippen molar-refractivity contribution in [3.05, 3.63) is 29.8 Å². The van der Waals surface area contributed by atoms with Gasteiger partial charge in [0, 0.05) is 5.69 Å². The first kappa shape index (κ1) is 24.4. The zero-order valence-electron chi connectivity index (χ0n) is 14.6. The van der Waals surface area contributed by atoms with Crippen molar-refractivity contribution in [3.8, 4) is 0 Å².